The highest BCUT2D eigenvalue weighted by molar-refractivity contribution is 5.85. The van der Waals surface area contributed by atoms with Crippen molar-refractivity contribution in [2.24, 2.45) is 5.73 Å². The molecule has 0 bridgehead atoms. The lowest BCUT2D eigenvalue weighted by Crippen LogP contribution is -2.15. The van der Waals surface area contributed by atoms with Gasteiger partial charge in [-0.25, -0.2) is 0 Å². The number of carbonyl (C=O) groups is 1. The summed E-state index contributed by atoms with van der Waals surface area (Å²) >= 11 is 0. The molecular formula is C16H34ClNO8. The van der Waals surface area contributed by atoms with Crippen LogP contribution in [0.25, 0.3) is 0 Å². The van der Waals surface area contributed by atoms with Gasteiger partial charge in [-0.3, -0.25) is 4.79 Å². The molecule has 26 heavy (non-hydrogen) atoms. The maximum Gasteiger partial charge on any atom is 0.307 e. The Morgan fingerprint density at radius 3 is 1.23 bits per heavy atom. The number of esters is 1. The Morgan fingerprint density at radius 1 is 0.615 bits per heavy atom. The van der Waals surface area contributed by atoms with Crippen molar-refractivity contribution in [2.75, 3.05) is 92.9 Å². The summed E-state index contributed by atoms with van der Waals surface area (Å²) in [6.45, 7) is 6.52. The molecule has 0 radical (unpaired) electrons. The maximum absolute atomic E-state index is 10.8. The van der Waals surface area contributed by atoms with Gasteiger partial charge in [-0.15, -0.1) is 12.4 Å². The van der Waals surface area contributed by atoms with E-state index in [1.807, 2.05) is 0 Å². The molecule has 0 atom stereocenters. The second-order valence-corrected chi connectivity index (χ2v) is 4.79. The maximum atomic E-state index is 10.8. The standard InChI is InChI=1S/C16H33NO8.ClH/c1-19-16(18)2-4-20-6-8-22-10-12-24-14-15-25-13-11-23-9-7-21-5-3-17;/h2-15,17H2,1H3;1H. The second kappa shape index (κ2) is 24.5. The average molecular weight is 404 g/mol. The summed E-state index contributed by atoms with van der Waals surface area (Å²) in [6, 6.07) is 0. The van der Waals surface area contributed by atoms with Gasteiger partial charge in [0, 0.05) is 6.54 Å². The summed E-state index contributed by atoms with van der Waals surface area (Å²) in [7, 11) is 1.35. The van der Waals surface area contributed by atoms with Crippen LogP contribution >= 0.6 is 12.4 Å². The molecule has 158 valence electrons. The quantitative estimate of drug-likeness (QED) is 0.222. The topological polar surface area (TPSA) is 108 Å². The Balaban J connectivity index is 0. The van der Waals surface area contributed by atoms with Gasteiger partial charge in [-0.1, -0.05) is 0 Å². The van der Waals surface area contributed by atoms with Crippen molar-refractivity contribution >= 4 is 18.4 Å². The molecule has 0 saturated carbocycles. The summed E-state index contributed by atoms with van der Waals surface area (Å²) in [4.78, 5) is 10.8. The van der Waals surface area contributed by atoms with E-state index in [1.165, 1.54) is 7.11 Å². The summed E-state index contributed by atoms with van der Waals surface area (Å²) in [5, 5.41) is 0. The molecule has 0 aromatic carbocycles. The van der Waals surface area contributed by atoms with E-state index in [0.29, 0.717) is 85.8 Å². The van der Waals surface area contributed by atoms with Gasteiger partial charge >= 0.3 is 5.97 Å². The monoisotopic (exact) mass is 403 g/mol. The average Bonchev–Trinajstić information content (AvgIpc) is 2.63. The number of methoxy groups -OCH3 is 1. The molecule has 0 heterocycles. The SMILES string of the molecule is COC(=O)CCOCCOCCOCCOCCOCCOCCN.Cl. The van der Waals surface area contributed by atoms with E-state index in [1.54, 1.807) is 0 Å². The van der Waals surface area contributed by atoms with Gasteiger partial charge in [0.15, 0.2) is 0 Å². The summed E-state index contributed by atoms with van der Waals surface area (Å²) in [6.07, 6.45) is 0.257. The van der Waals surface area contributed by atoms with Crippen molar-refractivity contribution < 1.29 is 38.0 Å². The van der Waals surface area contributed by atoms with Gasteiger partial charge in [-0.05, 0) is 0 Å². The van der Waals surface area contributed by atoms with Crippen LogP contribution in [0.5, 0.6) is 0 Å². The first kappa shape index (κ1) is 27.7. The Hall–Kier alpha value is -0.520. The summed E-state index contributed by atoms with van der Waals surface area (Å²) in [5.74, 6) is -0.278. The highest BCUT2D eigenvalue weighted by Crippen LogP contribution is 1.87. The molecule has 9 nitrogen and oxygen atoms in total. The molecular weight excluding hydrogens is 370 g/mol. The molecule has 0 aliphatic heterocycles. The molecule has 2 N–H and O–H groups in total. The molecule has 0 spiro atoms. The minimum Gasteiger partial charge on any atom is -0.469 e. The lowest BCUT2D eigenvalue weighted by atomic mass is 10.5. The summed E-state index contributed by atoms with van der Waals surface area (Å²) in [5.41, 5.74) is 5.29. The third-order valence-corrected chi connectivity index (χ3v) is 2.80. The van der Waals surface area contributed by atoms with Crippen LogP contribution < -0.4 is 5.73 Å². The first-order valence-electron chi connectivity index (χ1n) is 8.54. The zero-order chi connectivity index (χ0) is 18.4. The normalized spacial score (nSPS) is 10.5. The van der Waals surface area contributed by atoms with Crippen molar-refractivity contribution in [1.29, 1.82) is 0 Å². The smallest absolute Gasteiger partial charge is 0.307 e. The first-order valence-corrected chi connectivity index (χ1v) is 8.54. The van der Waals surface area contributed by atoms with Gasteiger partial charge < -0.3 is 38.9 Å². The molecule has 0 unspecified atom stereocenters. The zero-order valence-electron chi connectivity index (χ0n) is 15.7. The molecule has 0 rings (SSSR count). The minimum atomic E-state index is -0.278. The molecule has 0 amide bonds. The number of carbonyl (C=O) groups excluding carboxylic acids is 1. The fourth-order valence-electron chi connectivity index (χ4n) is 1.54. The third-order valence-electron chi connectivity index (χ3n) is 2.80. The molecule has 0 aliphatic carbocycles. The lowest BCUT2D eigenvalue weighted by molar-refractivity contribution is -0.141. The highest BCUT2D eigenvalue weighted by Gasteiger charge is 1.99. The van der Waals surface area contributed by atoms with Crippen LogP contribution in [0.2, 0.25) is 0 Å². The number of hydrogen-bond donors (Lipinski definition) is 1. The van der Waals surface area contributed by atoms with E-state index < -0.39 is 0 Å². The number of ether oxygens (including phenoxy) is 7. The fraction of sp³-hybridized carbons (Fsp3) is 0.938. The molecule has 0 aromatic rings. The molecule has 0 aliphatic rings. The van der Waals surface area contributed by atoms with E-state index in [4.69, 9.17) is 34.2 Å². The van der Waals surface area contributed by atoms with Crippen molar-refractivity contribution in [3.63, 3.8) is 0 Å². The van der Waals surface area contributed by atoms with E-state index in [-0.39, 0.29) is 24.8 Å². The van der Waals surface area contributed by atoms with Crippen LogP contribution in [0.15, 0.2) is 0 Å². The number of rotatable bonds is 20. The van der Waals surface area contributed by atoms with Crippen LogP contribution in [0, 0.1) is 0 Å². The van der Waals surface area contributed by atoms with Crippen LogP contribution in [-0.4, -0.2) is 98.9 Å². The Kier molecular flexibility index (Phi) is 26.1. The first-order chi connectivity index (χ1) is 12.3. The molecule has 10 heteroatoms. The van der Waals surface area contributed by atoms with Crippen molar-refractivity contribution in [1.82, 2.24) is 0 Å². The van der Waals surface area contributed by atoms with E-state index in [0.717, 1.165) is 0 Å². The minimum absolute atomic E-state index is 0. The lowest BCUT2D eigenvalue weighted by Gasteiger charge is -2.08. The van der Waals surface area contributed by atoms with Crippen molar-refractivity contribution in [2.45, 2.75) is 6.42 Å². The molecule has 0 aromatic heterocycles. The highest BCUT2D eigenvalue weighted by atomic mass is 35.5. The van der Waals surface area contributed by atoms with Crippen molar-refractivity contribution in [3.8, 4) is 0 Å². The Labute approximate surface area is 162 Å². The second-order valence-electron chi connectivity index (χ2n) is 4.79. The number of halogens is 1. The van der Waals surface area contributed by atoms with Gasteiger partial charge in [0.1, 0.15) is 0 Å². The fourth-order valence-corrected chi connectivity index (χ4v) is 1.54. The van der Waals surface area contributed by atoms with E-state index in [2.05, 4.69) is 4.74 Å². The zero-order valence-corrected chi connectivity index (χ0v) is 16.5. The van der Waals surface area contributed by atoms with Crippen LogP contribution in [0.4, 0.5) is 0 Å². The van der Waals surface area contributed by atoms with Gasteiger partial charge in [0.25, 0.3) is 0 Å². The van der Waals surface area contributed by atoms with E-state index in [9.17, 15) is 4.79 Å². The Bertz CT molecular complexity index is 287. The predicted octanol–water partition coefficient (Wildman–Crippen LogP) is 0.0296. The largest absolute Gasteiger partial charge is 0.469 e. The van der Waals surface area contributed by atoms with E-state index >= 15 is 0 Å². The predicted molar refractivity (Wildman–Crippen MR) is 97.8 cm³/mol. The third kappa shape index (κ3) is 23.5. The van der Waals surface area contributed by atoms with Gasteiger partial charge in [0.05, 0.1) is 92.8 Å². The number of hydrogen-bond acceptors (Lipinski definition) is 9. The van der Waals surface area contributed by atoms with Crippen LogP contribution in [0.1, 0.15) is 6.42 Å². The van der Waals surface area contributed by atoms with Crippen LogP contribution in [-0.2, 0) is 38.0 Å². The Morgan fingerprint density at radius 2 is 0.923 bits per heavy atom. The van der Waals surface area contributed by atoms with Gasteiger partial charge in [-0.2, -0.15) is 0 Å². The van der Waals surface area contributed by atoms with Crippen molar-refractivity contribution in [3.05, 3.63) is 0 Å². The number of nitrogens with two attached hydrogens (primary N) is 1. The van der Waals surface area contributed by atoms with Gasteiger partial charge in [0.2, 0.25) is 0 Å². The molecule has 0 fully saturated rings. The van der Waals surface area contributed by atoms with Crippen LogP contribution in [0.3, 0.4) is 0 Å². The summed E-state index contributed by atoms with van der Waals surface area (Å²) < 4.78 is 36.2. The molecule has 0 saturated heterocycles.